The standard InChI is InChI=1S/C48H33NO/c1-3-14-34(15-4-1)36-18-11-19-37(30-36)38-20-12-22-40(31-38)49(42-28-29-46-45-26-9-10-27-47(45)50-48(46)33-42)41-23-13-21-39(32-41)44-25-8-7-24-43(44)35-16-5-2-6-17-35/h1-33H. The lowest BCUT2D eigenvalue weighted by Gasteiger charge is -2.27. The summed E-state index contributed by atoms with van der Waals surface area (Å²) in [5.41, 5.74) is 14.4. The van der Waals surface area contributed by atoms with Gasteiger partial charge >= 0.3 is 0 Å². The van der Waals surface area contributed by atoms with Crippen LogP contribution in [0, 0.1) is 0 Å². The Labute approximate surface area is 292 Å². The van der Waals surface area contributed by atoms with E-state index in [1.807, 2.05) is 12.1 Å². The monoisotopic (exact) mass is 639 g/mol. The molecule has 236 valence electrons. The Bertz CT molecular complexity index is 2600. The molecule has 0 N–H and O–H groups in total. The molecular weight excluding hydrogens is 607 g/mol. The molecule has 0 saturated heterocycles. The van der Waals surface area contributed by atoms with Crippen LogP contribution in [0.15, 0.2) is 205 Å². The van der Waals surface area contributed by atoms with Gasteiger partial charge in [0.1, 0.15) is 11.2 Å². The zero-order chi connectivity index (χ0) is 33.3. The highest BCUT2D eigenvalue weighted by Crippen LogP contribution is 2.42. The Morgan fingerprint density at radius 1 is 0.280 bits per heavy atom. The molecule has 0 saturated carbocycles. The van der Waals surface area contributed by atoms with Gasteiger partial charge in [-0.3, -0.25) is 0 Å². The number of rotatable bonds is 7. The van der Waals surface area contributed by atoms with Gasteiger partial charge in [-0.15, -0.1) is 0 Å². The fraction of sp³-hybridized carbons (Fsp3) is 0. The second-order valence-electron chi connectivity index (χ2n) is 12.6. The van der Waals surface area contributed by atoms with E-state index >= 15 is 0 Å². The van der Waals surface area contributed by atoms with Crippen molar-refractivity contribution in [3.63, 3.8) is 0 Å². The number of anilines is 3. The lowest BCUT2D eigenvalue weighted by molar-refractivity contribution is 0.669. The molecule has 2 nitrogen and oxygen atoms in total. The number of benzene rings is 8. The molecule has 0 amide bonds. The number of hydrogen-bond acceptors (Lipinski definition) is 2. The molecule has 0 fully saturated rings. The van der Waals surface area contributed by atoms with Gasteiger partial charge in [-0.2, -0.15) is 0 Å². The molecule has 0 atom stereocenters. The minimum absolute atomic E-state index is 0.867. The van der Waals surface area contributed by atoms with Crippen LogP contribution < -0.4 is 4.90 Å². The van der Waals surface area contributed by atoms with Crippen molar-refractivity contribution in [2.45, 2.75) is 0 Å². The van der Waals surface area contributed by atoms with E-state index in [-0.39, 0.29) is 0 Å². The molecule has 0 spiro atoms. The topological polar surface area (TPSA) is 16.4 Å². The van der Waals surface area contributed by atoms with Gasteiger partial charge in [0.15, 0.2) is 0 Å². The van der Waals surface area contributed by atoms with Crippen molar-refractivity contribution in [2.24, 2.45) is 0 Å². The number of nitrogens with zero attached hydrogens (tertiary/aromatic N) is 1. The Kier molecular flexibility index (Phi) is 7.53. The quantitative estimate of drug-likeness (QED) is 0.173. The Hall–Kier alpha value is -6.64. The zero-order valence-corrected chi connectivity index (χ0v) is 27.4. The first-order chi connectivity index (χ1) is 24.8. The summed E-state index contributed by atoms with van der Waals surface area (Å²) in [7, 11) is 0. The highest BCUT2D eigenvalue weighted by Gasteiger charge is 2.18. The predicted molar refractivity (Wildman–Crippen MR) is 210 cm³/mol. The summed E-state index contributed by atoms with van der Waals surface area (Å²) in [5.74, 6) is 0. The van der Waals surface area contributed by atoms with Crippen LogP contribution in [0.1, 0.15) is 0 Å². The van der Waals surface area contributed by atoms with Crippen LogP contribution in [0.25, 0.3) is 66.4 Å². The highest BCUT2D eigenvalue weighted by atomic mass is 16.3. The van der Waals surface area contributed by atoms with E-state index in [9.17, 15) is 0 Å². The Morgan fingerprint density at radius 2 is 0.760 bits per heavy atom. The number of fused-ring (bicyclic) bond motifs is 3. The maximum atomic E-state index is 6.39. The minimum Gasteiger partial charge on any atom is -0.456 e. The Morgan fingerprint density at radius 3 is 1.50 bits per heavy atom. The molecule has 1 aromatic heterocycles. The maximum absolute atomic E-state index is 6.39. The van der Waals surface area contributed by atoms with Gasteiger partial charge in [-0.05, 0) is 93.0 Å². The van der Waals surface area contributed by atoms with Gasteiger partial charge in [0.05, 0.1) is 0 Å². The average Bonchev–Trinajstić information content (AvgIpc) is 3.57. The largest absolute Gasteiger partial charge is 0.456 e. The molecule has 0 radical (unpaired) electrons. The summed E-state index contributed by atoms with van der Waals surface area (Å²) >= 11 is 0. The van der Waals surface area contributed by atoms with Gasteiger partial charge in [0, 0.05) is 33.9 Å². The molecule has 9 rings (SSSR count). The van der Waals surface area contributed by atoms with Crippen molar-refractivity contribution in [3.05, 3.63) is 200 Å². The van der Waals surface area contributed by atoms with Crippen LogP contribution >= 0.6 is 0 Å². The van der Waals surface area contributed by atoms with Gasteiger partial charge in [0.2, 0.25) is 0 Å². The second kappa shape index (κ2) is 12.8. The summed E-state index contributed by atoms with van der Waals surface area (Å²) in [6.07, 6.45) is 0. The minimum atomic E-state index is 0.867. The number of para-hydroxylation sites is 1. The predicted octanol–water partition coefficient (Wildman–Crippen LogP) is 13.7. The van der Waals surface area contributed by atoms with Crippen LogP contribution in [-0.2, 0) is 0 Å². The first-order valence-corrected chi connectivity index (χ1v) is 17.0. The van der Waals surface area contributed by atoms with Crippen LogP contribution in [-0.4, -0.2) is 0 Å². The molecule has 0 aliphatic carbocycles. The lowest BCUT2D eigenvalue weighted by Crippen LogP contribution is -2.10. The summed E-state index contributed by atoms with van der Waals surface area (Å²) in [6, 6.07) is 71.1. The molecular formula is C48H33NO. The van der Waals surface area contributed by atoms with E-state index in [0.717, 1.165) is 50.1 Å². The second-order valence-corrected chi connectivity index (χ2v) is 12.6. The van der Waals surface area contributed by atoms with Crippen molar-refractivity contribution in [2.75, 3.05) is 4.90 Å². The van der Waals surface area contributed by atoms with Gasteiger partial charge < -0.3 is 9.32 Å². The first-order valence-electron chi connectivity index (χ1n) is 17.0. The van der Waals surface area contributed by atoms with E-state index < -0.39 is 0 Å². The molecule has 1 heterocycles. The van der Waals surface area contributed by atoms with E-state index in [2.05, 4.69) is 193 Å². The summed E-state index contributed by atoms with van der Waals surface area (Å²) in [4.78, 5) is 2.34. The zero-order valence-electron chi connectivity index (χ0n) is 27.4. The first kappa shape index (κ1) is 29.5. The maximum Gasteiger partial charge on any atom is 0.137 e. The molecule has 0 bridgehead atoms. The van der Waals surface area contributed by atoms with Gasteiger partial charge in [0.25, 0.3) is 0 Å². The summed E-state index contributed by atoms with van der Waals surface area (Å²) in [6.45, 7) is 0. The van der Waals surface area contributed by atoms with Crippen molar-refractivity contribution in [1.29, 1.82) is 0 Å². The molecule has 8 aromatic carbocycles. The Balaban J connectivity index is 1.20. The molecule has 50 heavy (non-hydrogen) atoms. The van der Waals surface area contributed by atoms with Crippen LogP contribution in [0.3, 0.4) is 0 Å². The third-order valence-corrected chi connectivity index (χ3v) is 9.46. The van der Waals surface area contributed by atoms with E-state index in [4.69, 9.17) is 4.42 Å². The number of furan rings is 1. The van der Waals surface area contributed by atoms with Crippen LogP contribution in [0.5, 0.6) is 0 Å². The van der Waals surface area contributed by atoms with Crippen LogP contribution in [0.4, 0.5) is 17.1 Å². The van der Waals surface area contributed by atoms with E-state index in [1.54, 1.807) is 0 Å². The van der Waals surface area contributed by atoms with Crippen molar-refractivity contribution >= 4 is 39.0 Å². The molecule has 0 aliphatic heterocycles. The van der Waals surface area contributed by atoms with Gasteiger partial charge in [-0.1, -0.05) is 146 Å². The molecule has 9 aromatic rings. The van der Waals surface area contributed by atoms with Gasteiger partial charge in [-0.25, -0.2) is 0 Å². The van der Waals surface area contributed by atoms with E-state index in [0.29, 0.717) is 0 Å². The third-order valence-electron chi connectivity index (χ3n) is 9.46. The third kappa shape index (κ3) is 5.53. The summed E-state index contributed by atoms with van der Waals surface area (Å²) in [5, 5.41) is 2.24. The van der Waals surface area contributed by atoms with Crippen molar-refractivity contribution in [1.82, 2.24) is 0 Å². The fourth-order valence-corrected chi connectivity index (χ4v) is 7.05. The molecule has 0 unspecified atom stereocenters. The average molecular weight is 640 g/mol. The molecule has 0 aliphatic rings. The van der Waals surface area contributed by atoms with Crippen molar-refractivity contribution < 1.29 is 4.42 Å². The SMILES string of the molecule is c1ccc(-c2cccc(-c3cccc(N(c4cccc(-c5ccccc5-c5ccccc5)c4)c4ccc5c(c4)oc4ccccc45)c3)c2)cc1. The van der Waals surface area contributed by atoms with Crippen LogP contribution in [0.2, 0.25) is 0 Å². The highest BCUT2D eigenvalue weighted by molar-refractivity contribution is 6.06. The van der Waals surface area contributed by atoms with E-state index in [1.165, 1.54) is 33.4 Å². The molecule has 2 heteroatoms. The summed E-state index contributed by atoms with van der Waals surface area (Å²) < 4.78 is 6.39. The lowest BCUT2D eigenvalue weighted by atomic mass is 9.94. The normalized spacial score (nSPS) is 11.2. The van der Waals surface area contributed by atoms with Crippen molar-refractivity contribution in [3.8, 4) is 44.5 Å². The smallest absolute Gasteiger partial charge is 0.137 e. The fourth-order valence-electron chi connectivity index (χ4n) is 7.05. The number of hydrogen-bond donors (Lipinski definition) is 0.